The monoisotopic (exact) mass is 318 g/mol. The van der Waals surface area contributed by atoms with Crippen LogP contribution in [0.4, 0.5) is 11.4 Å². The Labute approximate surface area is 135 Å². The highest BCUT2D eigenvalue weighted by molar-refractivity contribution is 6.30. The van der Waals surface area contributed by atoms with Crippen LogP contribution in [0.3, 0.4) is 0 Å². The van der Waals surface area contributed by atoms with E-state index in [4.69, 9.17) is 16.3 Å². The van der Waals surface area contributed by atoms with Crippen LogP contribution in [0.25, 0.3) is 0 Å². The number of halogens is 1. The van der Waals surface area contributed by atoms with E-state index in [9.17, 15) is 4.79 Å². The van der Waals surface area contributed by atoms with E-state index in [1.54, 1.807) is 13.2 Å². The van der Waals surface area contributed by atoms with Crippen molar-refractivity contribution in [3.8, 4) is 5.75 Å². The molecule has 0 radical (unpaired) electrons. The Morgan fingerprint density at radius 1 is 1.23 bits per heavy atom. The van der Waals surface area contributed by atoms with Crippen LogP contribution in [-0.4, -0.2) is 19.6 Å². The second-order valence-electron chi connectivity index (χ2n) is 4.92. The van der Waals surface area contributed by atoms with Gasteiger partial charge >= 0.3 is 0 Å². The number of ether oxygens (including phenoxy) is 1. The molecule has 0 aliphatic rings. The van der Waals surface area contributed by atoms with Gasteiger partial charge in [-0.2, -0.15) is 0 Å². The highest BCUT2D eigenvalue weighted by Gasteiger charge is 2.04. The smallest absolute Gasteiger partial charge is 0.226 e. The summed E-state index contributed by atoms with van der Waals surface area (Å²) in [5.41, 5.74) is 2.77. The van der Waals surface area contributed by atoms with Gasteiger partial charge in [-0.1, -0.05) is 23.7 Å². The number of rotatable bonds is 6. The maximum Gasteiger partial charge on any atom is 0.226 e. The van der Waals surface area contributed by atoms with Crippen molar-refractivity contribution in [3.63, 3.8) is 0 Å². The number of aryl methyl sites for hydroxylation is 1. The van der Waals surface area contributed by atoms with Gasteiger partial charge in [0.05, 0.1) is 7.11 Å². The van der Waals surface area contributed by atoms with Crippen LogP contribution in [0, 0.1) is 6.92 Å². The maximum absolute atomic E-state index is 11.9. The fourth-order valence-corrected chi connectivity index (χ4v) is 2.19. The summed E-state index contributed by atoms with van der Waals surface area (Å²) >= 11 is 5.96. The molecule has 0 aromatic heterocycles. The third-order valence-corrected chi connectivity index (χ3v) is 3.46. The molecule has 0 aliphatic heterocycles. The molecule has 0 saturated heterocycles. The minimum Gasteiger partial charge on any atom is -0.497 e. The molecule has 0 spiro atoms. The number of carbonyl (C=O) groups excluding carboxylic acids is 1. The summed E-state index contributed by atoms with van der Waals surface area (Å²) in [6.07, 6.45) is 0.364. The predicted octanol–water partition coefficient (Wildman–Crippen LogP) is 4.10. The number of benzene rings is 2. The van der Waals surface area contributed by atoms with Gasteiger partial charge in [0.2, 0.25) is 5.91 Å². The maximum atomic E-state index is 11.9. The molecule has 2 N–H and O–H groups in total. The van der Waals surface area contributed by atoms with E-state index in [0.717, 1.165) is 16.9 Å². The number of hydrogen-bond donors (Lipinski definition) is 2. The van der Waals surface area contributed by atoms with Crippen LogP contribution >= 0.6 is 11.6 Å². The molecule has 0 atom stereocenters. The fourth-order valence-electron chi connectivity index (χ4n) is 2.02. The van der Waals surface area contributed by atoms with Crippen LogP contribution in [0.2, 0.25) is 5.02 Å². The highest BCUT2D eigenvalue weighted by atomic mass is 35.5. The van der Waals surface area contributed by atoms with Gasteiger partial charge in [0.1, 0.15) is 5.75 Å². The standard InChI is InChI=1S/C17H19ClN2O2/c1-12-6-7-13(18)10-16(12)19-9-8-17(21)20-14-4-3-5-15(11-14)22-2/h3-7,10-11,19H,8-9H2,1-2H3,(H,20,21). The molecule has 2 aromatic carbocycles. The Hall–Kier alpha value is -2.20. The third-order valence-electron chi connectivity index (χ3n) is 3.22. The van der Waals surface area contributed by atoms with Crippen molar-refractivity contribution in [1.82, 2.24) is 0 Å². The molecule has 0 bridgehead atoms. The van der Waals surface area contributed by atoms with E-state index < -0.39 is 0 Å². The summed E-state index contributed by atoms with van der Waals surface area (Å²) in [5.74, 6) is 0.658. The first-order chi connectivity index (χ1) is 10.6. The molecule has 2 aromatic rings. The zero-order valence-corrected chi connectivity index (χ0v) is 13.4. The van der Waals surface area contributed by atoms with Crippen molar-refractivity contribution in [3.05, 3.63) is 53.1 Å². The Balaban J connectivity index is 1.84. The van der Waals surface area contributed by atoms with E-state index in [1.165, 1.54) is 0 Å². The minimum absolute atomic E-state index is 0.0552. The van der Waals surface area contributed by atoms with Gasteiger partial charge in [0.25, 0.3) is 0 Å². The van der Waals surface area contributed by atoms with Crippen molar-refractivity contribution < 1.29 is 9.53 Å². The topological polar surface area (TPSA) is 50.4 Å². The van der Waals surface area contributed by atoms with E-state index in [0.29, 0.717) is 23.7 Å². The van der Waals surface area contributed by atoms with Gasteiger partial charge in [-0.05, 0) is 36.8 Å². The molecule has 4 nitrogen and oxygen atoms in total. The Bertz CT molecular complexity index is 659. The molecule has 0 fully saturated rings. The first kappa shape index (κ1) is 16.2. The molecule has 5 heteroatoms. The van der Waals surface area contributed by atoms with Crippen LogP contribution in [0.5, 0.6) is 5.75 Å². The molecule has 22 heavy (non-hydrogen) atoms. The number of methoxy groups -OCH3 is 1. The lowest BCUT2D eigenvalue weighted by atomic mass is 10.2. The second kappa shape index (κ2) is 7.71. The summed E-state index contributed by atoms with van der Waals surface area (Å²) < 4.78 is 5.12. The summed E-state index contributed by atoms with van der Waals surface area (Å²) in [7, 11) is 1.60. The summed E-state index contributed by atoms with van der Waals surface area (Å²) in [6, 6.07) is 12.9. The first-order valence-corrected chi connectivity index (χ1v) is 7.40. The zero-order chi connectivity index (χ0) is 15.9. The van der Waals surface area contributed by atoms with Gasteiger partial charge in [-0.3, -0.25) is 4.79 Å². The molecule has 116 valence electrons. The van der Waals surface area contributed by atoms with Gasteiger partial charge in [-0.25, -0.2) is 0 Å². The summed E-state index contributed by atoms with van der Waals surface area (Å²) in [5, 5.41) is 6.74. The lowest BCUT2D eigenvalue weighted by Crippen LogP contribution is -2.16. The van der Waals surface area contributed by atoms with Crippen molar-refractivity contribution in [2.75, 3.05) is 24.3 Å². The average molecular weight is 319 g/mol. The van der Waals surface area contributed by atoms with Crippen molar-refractivity contribution >= 4 is 28.9 Å². The lowest BCUT2D eigenvalue weighted by Gasteiger charge is -2.10. The van der Waals surface area contributed by atoms with E-state index in [2.05, 4.69) is 10.6 Å². The highest BCUT2D eigenvalue weighted by Crippen LogP contribution is 2.20. The molecule has 0 unspecified atom stereocenters. The zero-order valence-electron chi connectivity index (χ0n) is 12.7. The first-order valence-electron chi connectivity index (χ1n) is 7.02. The number of anilines is 2. The SMILES string of the molecule is COc1cccc(NC(=O)CCNc2cc(Cl)ccc2C)c1. The largest absolute Gasteiger partial charge is 0.497 e. The normalized spacial score (nSPS) is 10.1. The number of hydrogen-bond acceptors (Lipinski definition) is 3. The van der Waals surface area contributed by atoms with E-state index in [1.807, 2.05) is 43.3 Å². The van der Waals surface area contributed by atoms with Crippen molar-refractivity contribution in [2.45, 2.75) is 13.3 Å². The van der Waals surface area contributed by atoms with Crippen molar-refractivity contribution in [1.29, 1.82) is 0 Å². The molecule has 1 amide bonds. The van der Waals surface area contributed by atoms with E-state index in [-0.39, 0.29) is 5.91 Å². The van der Waals surface area contributed by atoms with Crippen LogP contribution < -0.4 is 15.4 Å². The third kappa shape index (κ3) is 4.67. The van der Waals surface area contributed by atoms with Crippen molar-refractivity contribution in [2.24, 2.45) is 0 Å². The summed E-state index contributed by atoms with van der Waals surface area (Å²) in [4.78, 5) is 11.9. The van der Waals surface area contributed by atoms with Crippen LogP contribution in [0.1, 0.15) is 12.0 Å². The van der Waals surface area contributed by atoms with Crippen LogP contribution in [-0.2, 0) is 4.79 Å². The van der Waals surface area contributed by atoms with E-state index >= 15 is 0 Å². The Kier molecular flexibility index (Phi) is 5.67. The molecule has 0 saturated carbocycles. The molecule has 0 heterocycles. The Morgan fingerprint density at radius 3 is 2.82 bits per heavy atom. The Morgan fingerprint density at radius 2 is 2.05 bits per heavy atom. The van der Waals surface area contributed by atoms with Gasteiger partial charge in [0.15, 0.2) is 0 Å². The van der Waals surface area contributed by atoms with Gasteiger partial charge < -0.3 is 15.4 Å². The molecular weight excluding hydrogens is 300 g/mol. The van der Waals surface area contributed by atoms with Crippen LogP contribution in [0.15, 0.2) is 42.5 Å². The number of amides is 1. The lowest BCUT2D eigenvalue weighted by molar-refractivity contribution is -0.115. The molecule has 2 rings (SSSR count). The van der Waals surface area contributed by atoms with Gasteiger partial charge in [0, 0.05) is 35.4 Å². The number of nitrogens with one attached hydrogen (secondary N) is 2. The molecular formula is C17H19ClN2O2. The minimum atomic E-state index is -0.0552. The number of carbonyl (C=O) groups is 1. The predicted molar refractivity (Wildman–Crippen MR) is 90.9 cm³/mol. The molecule has 0 aliphatic carbocycles. The fraction of sp³-hybridized carbons (Fsp3) is 0.235. The average Bonchev–Trinajstić information content (AvgIpc) is 2.51. The quantitative estimate of drug-likeness (QED) is 0.843. The second-order valence-corrected chi connectivity index (χ2v) is 5.35. The van der Waals surface area contributed by atoms with Gasteiger partial charge in [-0.15, -0.1) is 0 Å². The summed E-state index contributed by atoms with van der Waals surface area (Å²) in [6.45, 7) is 2.53.